The van der Waals surface area contributed by atoms with Crippen LogP contribution < -0.4 is 0 Å². The minimum atomic E-state index is -0.542. The highest BCUT2D eigenvalue weighted by atomic mass is 16.6. The maximum Gasteiger partial charge on any atom is 0.306 e. The van der Waals surface area contributed by atoms with E-state index in [1.165, 1.54) is 103 Å². The molecule has 0 aromatic rings. The van der Waals surface area contributed by atoms with Gasteiger partial charge in [0.2, 0.25) is 0 Å². The summed E-state index contributed by atoms with van der Waals surface area (Å²) in [6.45, 7) is 5.15. The van der Waals surface area contributed by atoms with E-state index in [9.17, 15) is 9.90 Å². The Morgan fingerprint density at radius 1 is 0.521 bits per heavy atom. The molecule has 0 spiro atoms. The van der Waals surface area contributed by atoms with Gasteiger partial charge in [0.05, 0.1) is 13.2 Å². The van der Waals surface area contributed by atoms with E-state index >= 15 is 0 Å². The topological polar surface area (TPSA) is 55.8 Å². The summed E-state index contributed by atoms with van der Waals surface area (Å²) in [5, 5.41) is 9.56. The van der Waals surface area contributed by atoms with Crippen molar-refractivity contribution < 1.29 is 19.4 Å². The number of aliphatic hydroxyl groups excluding tert-OH is 1. The zero-order valence-electron chi connectivity index (χ0n) is 31.5. The minimum Gasteiger partial charge on any atom is -0.457 e. The van der Waals surface area contributed by atoms with Gasteiger partial charge in [-0.05, 0) is 77.0 Å². The van der Waals surface area contributed by atoms with Crippen LogP contribution in [-0.2, 0) is 14.3 Å². The van der Waals surface area contributed by atoms with Crippen LogP contribution in [-0.4, -0.2) is 37.0 Å². The second-order valence-corrected chi connectivity index (χ2v) is 13.0. The SMILES string of the molecule is CC/C=C\C/C=C\C/C=C\C/C=C\C/C=C\CCCCCCCCCCCC(=O)OC(CO)COCCCCCCCC/C=C\CCC. The number of carbonyl (C=O) groups is 1. The smallest absolute Gasteiger partial charge is 0.306 e. The van der Waals surface area contributed by atoms with Gasteiger partial charge in [0, 0.05) is 13.0 Å². The normalized spacial score (nSPS) is 13.1. The highest BCUT2D eigenvalue weighted by Gasteiger charge is 2.13. The van der Waals surface area contributed by atoms with Crippen molar-refractivity contribution in [2.45, 2.75) is 180 Å². The molecule has 4 nitrogen and oxygen atoms in total. The number of allylic oxidation sites excluding steroid dienone is 12. The second kappa shape index (κ2) is 41.0. The molecule has 4 heteroatoms. The lowest BCUT2D eigenvalue weighted by Gasteiger charge is -2.15. The summed E-state index contributed by atoms with van der Waals surface area (Å²) in [5.41, 5.74) is 0. The van der Waals surface area contributed by atoms with Gasteiger partial charge in [0.1, 0.15) is 6.10 Å². The van der Waals surface area contributed by atoms with Crippen molar-refractivity contribution in [1.29, 1.82) is 0 Å². The van der Waals surface area contributed by atoms with Gasteiger partial charge in [0.25, 0.3) is 0 Å². The molecular weight excluding hydrogens is 592 g/mol. The van der Waals surface area contributed by atoms with Gasteiger partial charge in [-0.1, -0.05) is 164 Å². The molecule has 0 saturated carbocycles. The minimum absolute atomic E-state index is 0.180. The molecule has 0 aromatic carbocycles. The van der Waals surface area contributed by atoms with Crippen LogP contribution in [0.5, 0.6) is 0 Å². The molecule has 0 fully saturated rings. The van der Waals surface area contributed by atoms with Crippen molar-refractivity contribution in [2.75, 3.05) is 19.8 Å². The summed E-state index contributed by atoms with van der Waals surface area (Å²) in [7, 11) is 0. The van der Waals surface area contributed by atoms with E-state index in [2.05, 4.69) is 86.8 Å². The van der Waals surface area contributed by atoms with Crippen LogP contribution >= 0.6 is 0 Å². The average molecular weight is 669 g/mol. The van der Waals surface area contributed by atoms with Crippen LogP contribution in [0, 0.1) is 0 Å². The Morgan fingerprint density at radius 3 is 1.44 bits per heavy atom. The average Bonchev–Trinajstić information content (AvgIpc) is 3.09. The van der Waals surface area contributed by atoms with Crippen molar-refractivity contribution in [2.24, 2.45) is 0 Å². The Labute approximate surface area is 297 Å². The van der Waals surface area contributed by atoms with Crippen LogP contribution in [0.2, 0.25) is 0 Å². The fourth-order valence-corrected chi connectivity index (χ4v) is 5.30. The van der Waals surface area contributed by atoms with Gasteiger partial charge in [-0.2, -0.15) is 0 Å². The summed E-state index contributed by atoms with van der Waals surface area (Å²) in [5.74, 6) is -0.213. The second-order valence-electron chi connectivity index (χ2n) is 13.0. The van der Waals surface area contributed by atoms with E-state index in [-0.39, 0.29) is 19.2 Å². The van der Waals surface area contributed by atoms with Crippen LogP contribution in [0.1, 0.15) is 174 Å². The number of unbranched alkanes of at least 4 members (excludes halogenated alkanes) is 16. The Bertz CT molecular complexity index is 835. The molecular formula is C44H76O4. The molecule has 0 aliphatic carbocycles. The first-order valence-electron chi connectivity index (χ1n) is 20.0. The van der Waals surface area contributed by atoms with Gasteiger partial charge in [0.15, 0.2) is 0 Å². The Hall–Kier alpha value is -2.17. The monoisotopic (exact) mass is 669 g/mol. The van der Waals surface area contributed by atoms with Crippen molar-refractivity contribution in [3.05, 3.63) is 72.9 Å². The first-order chi connectivity index (χ1) is 23.7. The number of rotatable bonds is 36. The molecule has 1 atom stereocenters. The highest BCUT2D eigenvalue weighted by molar-refractivity contribution is 5.69. The van der Waals surface area contributed by atoms with Gasteiger partial charge < -0.3 is 14.6 Å². The van der Waals surface area contributed by atoms with Crippen LogP contribution in [0.3, 0.4) is 0 Å². The number of aliphatic hydroxyl groups is 1. The molecule has 48 heavy (non-hydrogen) atoms. The van der Waals surface area contributed by atoms with E-state index in [4.69, 9.17) is 9.47 Å². The molecule has 0 amide bonds. The Balaban J connectivity index is 3.49. The molecule has 0 aromatic heterocycles. The zero-order valence-corrected chi connectivity index (χ0v) is 31.5. The third-order valence-electron chi connectivity index (χ3n) is 8.25. The lowest BCUT2D eigenvalue weighted by atomic mass is 10.1. The molecule has 0 aliphatic heterocycles. The number of hydrogen-bond acceptors (Lipinski definition) is 4. The number of ether oxygens (including phenoxy) is 2. The quantitative estimate of drug-likeness (QED) is 0.0410. The van der Waals surface area contributed by atoms with E-state index in [1.54, 1.807) is 0 Å². The summed E-state index contributed by atoms with van der Waals surface area (Å²) in [6, 6.07) is 0. The molecule has 0 radical (unpaired) electrons. The van der Waals surface area contributed by atoms with Crippen LogP contribution in [0.25, 0.3) is 0 Å². The number of hydrogen-bond donors (Lipinski definition) is 1. The van der Waals surface area contributed by atoms with E-state index in [1.807, 2.05) is 0 Å². The maximum atomic E-state index is 12.2. The molecule has 0 heterocycles. The Morgan fingerprint density at radius 2 is 0.938 bits per heavy atom. The summed E-state index contributed by atoms with van der Waals surface area (Å²) in [4.78, 5) is 12.2. The third-order valence-corrected chi connectivity index (χ3v) is 8.25. The highest BCUT2D eigenvalue weighted by Crippen LogP contribution is 2.13. The summed E-state index contributed by atoms with van der Waals surface area (Å²) < 4.78 is 11.1. The first-order valence-corrected chi connectivity index (χ1v) is 20.0. The molecule has 1 N–H and O–H groups in total. The predicted octanol–water partition coefficient (Wildman–Crippen LogP) is 13.0. The molecule has 276 valence electrons. The molecule has 0 bridgehead atoms. The Kier molecular flexibility index (Phi) is 39.1. The van der Waals surface area contributed by atoms with Crippen molar-refractivity contribution in [3.63, 3.8) is 0 Å². The zero-order chi connectivity index (χ0) is 34.9. The van der Waals surface area contributed by atoms with Crippen molar-refractivity contribution in [3.8, 4) is 0 Å². The third kappa shape index (κ3) is 38.3. The van der Waals surface area contributed by atoms with E-state index < -0.39 is 6.10 Å². The molecule has 0 aliphatic rings. The molecule has 1 unspecified atom stereocenters. The lowest BCUT2D eigenvalue weighted by Crippen LogP contribution is -2.27. The van der Waals surface area contributed by atoms with Crippen molar-refractivity contribution in [1.82, 2.24) is 0 Å². The first kappa shape index (κ1) is 45.8. The fourth-order valence-electron chi connectivity index (χ4n) is 5.30. The van der Waals surface area contributed by atoms with E-state index in [0.29, 0.717) is 13.0 Å². The molecule has 0 rings (SSSR count). The summed E-state index contributed by atoms with van der Waals surface area (Å²) >= 11 is 0. The maximum absolute atomic E-state index is 12.2. The standard InChI is InChI=1S/C44H76O4/c1-3-5-7-9-11-13-15-16-17-18-19-20-21-22-23-24-25-26-27-28-29-31-33-35-37-39-44(46)48-43(41-45)42-47-40-38-36-34-32-30-14-12-10-8-6-4-2/h5,7-8,10-11,13,16-17,19-20,22-23,43,45H,3-4,6,9,12,14-15,18,21,24-42H2,1-2H3/b7-5-,10-8-,13-11-,17-16-,20-19-,23-22-. The van der Waals surface area contributed by atoms with Crippen LogP contribution in [0.4, 0.5) is 0 Å². The van der Waals surface area contributed by atoms with Gasteiger partial charge >= 0.3 is 5.97 Å². The summed E-state index contributed by atoms with van der Waals surface area (Å²) in [6.07, 6.45) is 55.2. The largest absolute Gasteiger partial charge is 0.457 e. The van der Waals surface area contributed by atoms with E-state index in [0.717, 1.165) is 51.4 Å². The van der Waals surface area contributed by atoms with Gasteiger partial charge in [-0.25, -0.2) is 0 Å². The molecule has 0 saturated heterocycles. The van der Waals surface area contributed by atoms with Crippen molar-refractivity contribution >= 4 is 5.97 Å². The van der Waals surface area contributed by atoms with Gasteiger partial charge in [-0.15, -0.1) is 0 Å². The number of carbonyl (C=O) groups excluding carboxylic acids is 1. The number of esters is 1. The lowest BCUT2D eigenvalue weighted by molar-refractivity contribution is -0.154. The predicted molar refractivity (Wildman–Crippen MR) is 209 cm³/mol. The fraction of sp³-hybridized carbons (Fsp3) is 0.705. The van der Waals surface area contributed by atoms with Crippen LogP contribution in [0.15, 0.2) is 72.9 Å². The van der Waals surface area contributed by atoms with Gasteiger partial charge in [-0.3, -0.25) is 4.79 Å².